The number of aryl methyl sites for hydroxylation is 1. The Morgan fingerprint density at radius 1 is 1.36 bits per heavy atom. The van der Waals surface area contributed by atoms with Gasteiger partial charge in [-0.05, 0) is 19.1 Å². The summed E-state index contributed by atoms with van der Waals surface area (Å²) >= 11 is 1.54. The van der Waals surface area contributed by atoms with E-state index in [1.807, 2.05) is 42.6 Å². The molecule has 1 atom stereocenters. The second-order valence-electron chi connectivity index (χ2n) is 4.70. The van der Waals surface area contributed by atoms with Gasteiger partial charge in [0.2, 0.25) is 0 Å². The summed E-state index contributed by atoms with van der Waals surface area (Å²) in [5.41, 5.74) is 0.825. The van der Waals surface area contributed by atoms with Gasteiger partial charge in [-0.3, -0.25) is 0 Å². The zero-order valence-corrected chi connectivity index (χ0v) is 13.1. The summed E-state index contributed by atoms with van der Waals surface area (Å²) < 4.78 is 5.40. The molecule has 2 rings (SSSR count). The number of hydrogen-bond donors (Lipinski definition) is 3. The Balaban J connectivity index is 1.61. The number of hydrogen-bond acceptors (Lipinski definition) is 5. The quantitative estimate of drug-likeness (QED) is 0.725. The fraction of sp³-hybridized carbons (Fsp3) is 0.333. The van der Waals surface area contributed by atoms with Crippen LogP contribution in [-0.2, 0) is 6.54 Å². The number of aliphatic hydroxyl groups is 1. The van der Waals surface area contributed by atoms with Crippen LogP contribution in [-0.4, -0.2) is 35.4 Å². The molecule has 0 aliphatic carbocycles. The van der Waals surface area contributed by atoms with Gasteiger partial charge in [0.05, 0.1) is 17.2 Å². The highest BCUT2D eigenvalue weighted by Gasteiger charge is 2.08. The summed E-state index contributed by atoms with van der Waals surface area (Å²) in [6, 6.07) is 8.87. The molecule has 1 aromatic carbocycles. The van der Waals surface area contributed by atoms with Crippen LogP contribution in [0.3, 0.4) is 0 Å². The van der Waals surface area contributed by atoms with Crippen molar-refractivity contribution in [3.8, 4) is 5.75 Å². The van der Waals surface area contributed by atoms with Crippen molar-refractivity contribution in [3.63, 3.8) is 0 Å². The maximum Gasteiger partial charge on any atom is 0.315 e. The molecule has 0 aliphatic rings. The van der Waals surface area contributed by atoms with Gasteiger partial charge in [0, 0.05) is 11.9 Å². The van der Waals surface area contributed by atoms with E-state index in [4.69, 9.17) is 4.74 Å². The number of ether oxygens (including phenoxy) is 1. The van der Waals surface area contributed by atoms with Crippen molar-refractivity contribution in [2.45, 2.75) is 19.6 Å². The molecule has 1 aromatic heterocycles. The molecule has 2 aromatic rings. The van der Waals surface area contributed by atoms with Gasteiger partial charge in [0.1, 0.15) is 18.5 Å². The van der Waals surface area contributed by atoms with Crippen LogP contribution in [0.5, 0.6) is 5.75 Å². The highest BCUT2D eigenvalue weighted by atomic mass is 32.1. The Kier molecular flexibility index (Phi) is 6.17. The van der Waals surface area contributed by atoms with Gasteiger partial charge in [-0.1, -0.05) is 18.2 Å². The number of rotatable bonds is 7. The highest BCUT2D eigenvalue weighted by Crippen LogP contribution is 2.08. The normalized spacial score (nSPS) is 11.7. The maximum absolute atomic E-state index is 11.6. The highest BCUT2D eigenvalue weighted by molar-refractivity contribution is 7.09. The summed E-state index contributed by atoms with van der Waals surface area (Å²) in [7, 11) is 0. The van der Waals surface area contributed by atoms with Crippen LogP contribution < -0.4 is 15.4 Å². The Hall–Kier alpha value is -2.12. The first-order chi connectivity index (χ1) is 10.6. The van der Waals surface area contributed by atoms with Gasteiger partial charge in [-0.2, -0.15) is 0 Å². The van der Waals surface area contributed by atoms with E-state index in [9.17, 15) is 9.90 Å². The molecule has 7 heteroatoms. The lowest BCUT2D eigenvalue weighted by molar-refractivity contribution is 0.108. The average molecular weight is 321 g/mol. The largest absolute Gasteiger partial charge is 0.491 e. The van der Waals surface area contributed by atoms with Crippen molar-refractivity contribution < 1.29 is 14.6 Å². The van der Waals surface area contributed by atoms with E-state index in [0.29, 0.717) is 12.3 Å². The van der Waals surface area contributed by atoms with Crippen LogP contribution in [0.4, 0.5) is 4.79 Å². The lowest BCUT2D eigenvalue weighted by Crippen LogP contribution is -2.41. The van der Waals surface area contributed by atoms with Crippen molar-refractivity contribution in [2.75, 3.05) is 13.2 Å². The number of aromatic nitrogens is 1. The van der Waals surface area contributed by atoms with Crippen LogP contribution in [0.1, 0.15) is 10.7 Å². The number of carbonyl (C=O) groups is 1. The lowest BCUT2D eigenvalue weighted by Gasteiger charge is -2.13. The summed E-state index contributed by atoms with van der Waals surface area (Å²) in [6.45, 7) is 2.52. The molecule has 0 saturated carbocycles. The number of amides is 2. The SMILES string of the molecule is Cc1nc(CNC(=O)NC[C@@H](O)COc2ccccc2)cs1. The fourth-order valence-electron chi connectivity index (χ4n) is 1.70. The minimum absolute atomic E-state index is 0.120. The number of nitrogens with one attached hydrogen (secondary N) is 2. The molecule has 0 unspecified atom stereocenters. The predicted octanol–water partition coefficient (Wildman–Crippen LogP) is 1.69. The van der Waals surface area contributed by atoms with Crippen molar-refractivity contribution in [1.82, 2.24) is 15.6 Å². The number of urea groups is 1. The van der Waals surface area contributed by atoms with Crippen LogP contribution in [0.15, 0.2) is 35.7 Å². The van der Waals surface area contributed by atoms with E-state index in [-0.39, 0.29) is 19.2 Å². The van der Waals surface area contributed by atoms with Crippen LogP contribution in [0.2, 0.25) is 0 Å². The number of para-hydroxylation sites is 1. The second kappa shape index (κ2) is 8.35. The van der Waals surface area contributed by atoms with Crippen molar-refractivity contribution in [1.29, 1.82) is 0 Å². The smallest absolute Gasteiger partial charge is 0.315 e. The first-order valence-corrected chi connectivity index (χ1v) is 7.80. The Morgan fingerprint density at radius 3 is 2.82 bits per heavy atom. The molecular formula is C15H19N3O3S. The minimum atomic E-state index is -0.771. The van der Waals surface area contributed by atoms with Crippen molar-refractivity contribution in [3.05, 3.63) is 46.4 Å². The van der Waals surface area contributed by atoms with Gasteiger partial charge in [0.25, 0.3) is 0 Å². The van der Waals surface area contributed by atoms with Crippen LogP contribution in [0.25, 0.3) is 0 Å². The first-order valence-electron chi connectivity index (χ1n) is 6.92. The summed E-state index contributed by atoms with van der Waals surface area (Å²) in [6.07, 6.45) is -0.771. The summed E-state index contributed by atoms with van der Waals surface area (Å²) in [5, 5.41) is 17.9. The molecule has 3 N–H and O–H groups in total. The minimum Gasteiger partial charge on any atom is -0.491 e. The third kappa shape index (κ3) is 5.71. The third-order valence-corrected chi connectivity index (χ3v) is 3.60. The molecule has 0 spiro atoms. The number of nitrogens with zero attached hydrogens (tertiary/aromatic N) is 1. The Morgan fingerprint density at radius 2 is 2.14 bits per heavy atom. The summed E-state index contributed by atoms with van der Waals surface area (Å²) in [4.78, 5) is 15.9. The Labute approximate surface area is 133 Å². The van der Waals surface area contributed by atoms with E-state index >= 15 is 0 Å². The maximum atomic E-state index is 11.6. The molecule has 0 bridgehead atoms. The van der Waals surface area contributed by atoms with E-state index in [1.54, 1.807) is 0 Å². The second-order valence-corrected chi connectivity index (χ2v) is 5.76. The molecular weight excluding hydrogens is 302 g/mol. The molecule has 6 nitrogen and oxygen atoms in total. The molecule has 0 saturated heterocycles. The zero-order valence-electron chi connectivity index (χ0n) is 12.3. The topological polar surface area (TPSA) is 83.5 Å². The molecule has 0 aliphatic heterocycles. The monoisotopic (exact) mass is 321 g/mol. The number of benzene rings is 1. The molecule has 118 valence electrons. The van der Waals surface area contributed by atoms with Crippen molar-refractivity contribution in [2.24, 2.45) is 0 Å². The molecule has 0 radical (unpaired) electrons. The van der Waals surface area contributed by atoms with Crippen LogP contribution >= 0.6 is 11.3 Å². The van der Waals surface area contributed by atoms with Gasteiger partial charge < -0.3 is 20.5 Å². The Bertz CT molecular complexity index is 589. The van der Waals surface area contributed by atoms with E-state index < -0.39 is 6.10 Å². The number of thiazole rings is 1. The molecule has 1 heterocycles. The van der Waals surface area contributed by atoms with E-state index in [1.165, 1.54) is 11.3 Å². The van der Waals surface area contributed by atoms with Gasteiger partial charge >= 0.3 is 6.03 Å². The van der Waals surface area contributed by atoms with Gasteiger partial charge in [-0.15, -0.1) is 11.3 Å². The van der Waals surface area contributed by atoms with Gasteiger partial charge in [-0.25, -0.2) is 9.78 Å². The van der Waals surface area contributed by atoms with Crippen molar-refractivity contribution >= 4 is 17.4 Å². The summed E-state index contributed by atoms with van der Waals surface area (Å²) in [5.74, 6) is 0.685. The third-order valence-electron chi connectivity index (χ3n) is 2.78. The van der Waals surface area contributed by atoms with E-state index in [2.05, 4.69) is 15.6 Å². The van der Waals surface area contributed by atoms with Crippen LogP contribution in [0, 0.1) is 6.92 Å². The zero-order chi connectivity index (χ0) is 15.8. The fourth-order valence-corrected chi connectivity index (χ4v) is 2.31. The van der Waals surface area contributed by atoms with E-state index in [0.717, 1.165) is 10.7 Å². The standard InChI is InChI=1S/C15H19N3O3S/c1-11-18-12(10-22-11)7-16-15(20)17-8-13(19)9-21-14-5-3-2-4-6-14/h2-6,10,13,19H,7-9H2,1H3,(H2,16,17,20)/t13-/m1/s1. The first kappa shape index (κ1) is 16.3. The molecule has 22 heavy (non-hydrogen) atoms. The lowest BCUT2D eigenvalue weighted by atomic mass is 10.3. The molecule has 0 fully saturated rings. The molecule has 2 amide bonds. The predicted molar refractivity (Wildman–Crippen MR) is 85.0 cm³/mol. The van der Waals surface area contributed by atoms with Gasteiger partial charge in [0.15, 0.2) is 0 Å². The number of aliphatic hydroxyl groups excluding tert-OH is 1. The average Bonchev–Trinajstić information content (AvgIpc) is 2.95. The number of carbonyl (C=O) groups excluding carboxylic acids is 1.